The SMILES string of the molecule is CCOP(CCCC(OC)C(C)OP(OCCC#N)N(C(C)C)C(C)C)OCC. The van der Waals surface area contributed by atoms with Gasteiger partial charge < -0.3 is 22.8 Å². The fourth-order valence-corrected chi connectivity index (χ4v) is 6.00. The molecular weight excluding hydrogens is 410 g/mol. The second-order valence-electron chi connectivity index (χ2n) is 7.17. The lowest BCUT2D eigenvalue weighted by molar-refractivity contribution is -0.00262. The van der Waals surface area contributed by atoms with E-state index in [4.69, 9.17) is 28.1 Å². The fourth-order valence-electron chi connectivity index (χ4n) is 2.92. The number of hydrogen-bond acceptors (Lipinski definition) is 7. The van der Waals surface area contributed by atoms with Gasteiger partial charge in [-0.3, -0.25) is 0 Å². The summed E-state index contributed by atoms with van der Waals surface area (Å²) in [7, 11) is -0.378. The van der Waals surface area contributed by atoms with Crippen LogP contribution in [0.4, 0.5) is 0 Å². The Morgan fingerprint density at radius 3 is 2.00 bits per heavy atom. The van der Waals surface area contributed by atoms with Gasteiger partial charge in [-0.15, -0.1) is 0 Å². The Balaban J connectivity index is 4.89. The second kappa shape index (κ2) is 17.8. The molecule has 3 atom stereocenters. The van der Waals surface area contributed by atoms with Gasteiger partial charge in [0.15, 0.2) is 8.38 Å². The molecule has 0 aliphatic rings. The van der Waals surface area contributed by atoms with Crippen molar-refractivity contribution in [3.63, 3.8) is 0 Å². The lowest BCUT2D eigenvalue weighted by atomic mass is 10.1. The van der Waals surface area contributed by atoms with Gasteiger partial charge in [-0.2, -0.15) is 5.26 Å². The Labute approximate surface area is 181 Å². The summed E-state index contributed by atoms with van der Waals surface area (Å²) in [5.41, 5.74) is 0. The Hall–Kier alpha value is 0.110. The summed E-state index contributed by atoms with van der Waals surface area (Å²) >= 11 is 0. The molecular formula is C20H42N2O5P2. The number of ether oxygens (including phenoxy) is 1. The third-order valence-electron chi connectivity index (χ3n) is 4.12. The summed E-state index contributed by atoms with van der Waals surface area (Å²) in [5, 5.41) is 8.85. The summed E-state index contributed by atoms with van der Waals surface area (Å²) in [6, 6.07) is 2.68. The van der Waals surface area contributed by atoms with Crippen molar-refractivity contribution in [3.05, 3.63) is 0 Å². The van der Waals surface area contributed by atoms with Gasteiger partial charge in [0, 0.05) is 25.4 Å². The Morgan fingerprint density at radius 2 is 1.55 bits per heavy atom. The first-order valence-electron chi connectivity index (χ1n) is 10.6. The van der Waals surface area contributed by atoms with Crippen molar-refractivity contribution in [1.29, 1.82) is 5.26 Å². The molecule has 3 unspecified atom stereocenters. The molecule has 0 radical (unpaired) electrons. The first kappa shape index (κ1) is 29.1. The van der Waals surface area contributed by atoms with E-state index in [1.165, 1.54) is 0 Å². The molecule has 0 aliphatic carbocycles. The van der Waals surface area contributed by atoms with E-state index in [0.717, 1.165) is 19.0 Å². The zero-order chi connectivity index (χ0) is 22.2. The standard InChI is InChI=1S/C20H42N2O5P2/c1-9-24-28(25-10-2)16-11-13-20(23-8)19(7)27-29(26-15-12-14-21)22(17(3)4)18(5)6/h17-20H,9-13,15-16H2,1-8H3. The molecule has 0 amide bonds. The van der Waals surface area contributed by atoms with Gasteiger partial charge in [0.25, 0.3) is 8.53 Å². The third kappa shape index (κ3) is 12.5. The van der Waals surface area contributed by atoms with Crippen molar-refractivity contribution >= 4 is 16.9 Å². The molecule has 172 valence electrons. The van der Waals surface area contributed by atoms with Crippen LogP contribution >= 0.6 is 16.9 Å². The summed E-state index contributed by atoms with van der Waals surface area (Å²) in [5.74, 6) is 0. The van der Waals surface area contributed by atoms with Gasteiger partial charge >= 0.3 is 0 Å². The number of methoxy groups -OCH3 is 1. The Morgan fingerprint density at radius 1 is 0.966 bits per heavy atom. The van der Waals surface area contributed by atoms with Crippen LogP contribution in [0.3, 0.4) is 0 Å². The molecule has 0 rings (SSSR count). The maximum absolute atomic E-state index is 8.85. The molecule has 0 aromatic heterocycles. The second-order valence-corrected chi connectivity index (χ2v) is 10.2. The smallest absolute Gasteiger partial charge is 0.259 e. The topological polar surface area (TPSA) is 73.2 Å². The molecule has 9 heteroatoms. The van der Waals surface area contributed by atoms with E-state index < -0.39 is 16.9 Å². The van der Waals surface area contributed by atoms with Crippen LogP contribution in [0, 0.1) is 11.3 Å². The number of hydrogen-bond donors (Lipinski definition) is 0. The molecule has 0 fully saturated rings. The molecule has 0 aromatic rings. The Kier molecular flexibility index (Phi) is 17.8. The van der Waals surface area contributed by atoms with E-state index in [1.54, 1.807) is 7.11 Å². The van der Waals surface area contributed by atoms with Crippen LogP contribution in [-0.2, 0) is 22.8 Å². The van der Waals surface area contributed by atoms with Gasteiger partial charge in [-0.25, -0.2) is 4.67 Å². The Bertz CT molecular complexity index is 424. The summed E-state index contributed by atoms with van der Waals surface area (Å²) in [4.78, 5) is 0. The van der Waals surface area contributed by atoms with Gasteiger partial charge in [0.2, 0.25) is 0 Å². The van der Waals surface area contributed by atoms with Crippen LogP contribution in [0.1, 0.15) is 67.7 Å². The quantitative estimate of drug-likeness (QED) is 0.191. The maximum atomic E-state index is 8.85. The molecule has 29 heavy (non-hydrogen) atoms. The maximum Gasteiger partial charge on any atom is 0.259 e. The van der Waals surface area contributed by atoms with Crippen LogP contribution in [-0.4, -0.2) is 62.1 Å². The summed E-state index contributed by atoms with van der Waals surface area (Å²) in [6.07, 6.45) is 2.89. The average molecular weight is 453 g/mol. The van der Waals surface area contributed by atoms with Crippen molar-refractivity contribution in [2.24, 2.45) is 0 Å². The van der Waals surface area contributed by atoms with E-state index in [0.29, 0.717) is 26.2 Å². The molecule has 0 bridgehead atoms. The van der Waals surface area contributed by atoms with Crippen molar-refractivity contribution in [2.45, 2.75) is 92.0 Å². The molecule has 0 saturated carbocycles. The molecule has 0 heterocycles. The van der Waals surface area contributed by atoms with Gasteiger partial charge in [-0.1, -0.05) is 0 Å². The monoisotopic (exact) mass is 452 g/mol. The number of nitriles is 1. The van der Waals surface area contributed by atoms with Crippen molar-refractivity contribution in [3.8, 4) is 6.07 Å². The van der Waals surface area contributed by atoms with Gasteiger partial charge in [0.1, 0.15) is 0 Å². The van der Waals surface area contributed by atoms with E-state index in [-0.39, 0.29) is 24.3 Å². The predicted octanol–water partition coefficient (Wildman–Crippen LogP) is 5.85. The minimum Gasteiger partial charge on any atom is -0.379 e. The normalized spacial score (nSPS) is 15.3. The highest BCUT2D eigenvalue weighted by molar-refractivity contribution is 7.47. The van der Waals surface area contributed by atoms with Crippen molar-refractivity contribution in [2.75, 3.05) is 33.1 Å². The largest absolute Gasteiger partial charge is 0.379 e. The fraction of sp³-hybridized carbons (Fsp3) is 0.950. The van der Waals surface area contributed by atoms with Crippen LogP contribution < -0.4 is 0 Å². The highest BCUT2D eigenvalue weighted by atomic mass is 31.2. The lowest BCUT2D eigenvalue weighted by Gasteiger charge is -2.38. The summed E-state index contributed by atoms with van der Waals surface area (Å²) in [6.45, 7) is 16.3. The molecule has 0 aromatic carbocycles. The van der Waals surface area contributed by atoms with E-state index >= 15 is 0 Å². The van der Waals surface area contributed by atoms with E-state index in [1.807, 2.05) is 20.8 Å². The summed E-state index contributed by atoms with van der Waals surface area (Å²) < 4.78 is 31.7. The zero-order valence-electron chi connectivity index (χ0n) is 19.6. The molecule has 0 N–H and O–H groups in total. The highest BCUT2D eigenvalue weighted by Gasteiger charge is 2.31. The van der Waals surface area contributed by atoms with Crippen LogP contribution in [0.15, 0.2) is 0 Å². The molecule has 7 nitrogen and oxygen atoms in total. The molecule has 0 aliphatic heterocycles. The minimum absolute atomic E-state index is 0.0409. The molecule has 0 spiro atoms. The molecule has 0 saturated heterocycles. The highest BCUT2D eigenvalue weighted by Crippen LogP contribution is 2.48. The number of nitrogens with zero attached hydrogens (tertiary/aromatic N) is 2. The zero-order valence-corrected chi connectivity index (χ0v) is 21.4. The minimum atomic E-state index is -1.27. The van der Waals surface area contributed by atoms with E-state index in [2.05, 4.69) is 38.4 Å². The van der Waals surface area contributed by atoms with Crippen molar-refractivity contribution < 1.29 is 22.8 Å². The first-order valence-corrected chi connectivity index (χ1v) is 13.1. The average Bonchev–Trinajstić information content (AvgIpc) is 2.64. The van der Waals surface area contributed by atoms with Gasteiger partial charge in [-0.05, 0) is 61.3 Å². The van der Waals surface area contributed by atoms with Crippen molar-refractivity contribution in [1.82, 2.24) is 4.67 Å². The first-order chi connectivity index (χ1) is 13.8. The van der Waals surface area contributed by atoms with Crippen LogP contribution in [0.25, 0.3) is 0 Å². The van der Waals surface area contributed by atoms with E-state index in [9.17, 15) is 0 Å². The third-order valence-corrected chi connectivity index (χ3v) is 8.11. The van der Waals surface area contributed by atoms with Crippen LogP contribution in [0.5, 0.6) is 0 Å². The van der Waals surface area contributed by atoms with Crippen LogP contribution in [0.2, 0.25) is 0 Å². The predicted molar refractivity (Wildman–Crippen MR) is 121 cm³/mol. The lowest BCUT2D eigenvalue weighted by Crippen LogP contribution is -2.36. The van der Waals surface area contributed by atoms with Gasteiger partial charge in [0.05, 0.1) is 44.5 Å². The number of rotatable bonds is 18.